The molecule has 1 aliphatic rings. The molecule has 0 bridgehead atoms. The summed E-state index contributed by atoms with van der Waals surface area (Å²) in [6.45, 7) is 7.82. The van der Waals surface area contributed by atoms with Gasteiger partial charge in [0.05, 0.1) is 9.79 Å². The second-order valence-corrected chi connectivity index (χ2v) is 12.3. The first-order chi connectivity index (χ1) is 16.7. The van der Waals surface area contributed by atoms with Crippen molar-refractivity contribution in [3.63, 3.8) is 0 Å². The molecule has 7 nitrogen and oxygen atoms in total. The van der Waals surface area contributed by atoms with Crippen LogP contribution in [-0.2, 0) is 20.0 Å². The quantitative estimate of drug-likeness (QED) is 0.450. The highest BCUT2D eigenvalue weighted by Gasteiger charge is 2.46. The molecule has 0 amide bonds. The molecule has 0 aromatic heterocycles. The topological polar surface area (TPSA) is 78.0 Å². The zero-order chi connectivity index (χ0) is 25.2. The summed E-state index contributed by atoms with van der Waals surface area (Å²) in [7, 11) is -7.88. The van der Waals surface area contributed by atoms with Crippen molar-refractivity contribution in [3.8, 4) is 0 Å². The molecule has 186 valence electrons. The van der Waals surface area contributed by atoms with Gasteiger partial charge < -0.3 is 4.90 Å². The van der Waals surface area contributed by atoms with E-state index in [9.17, 15) is 16.8 Å². The van der Waals surface area contributed by atoms with Crippen LogP contribution in [0, 0.1) is 6.92 Å². The molecule has 0 saturated carbocycles. The summed E-state index contributed by atoms with van der Waals surface area (Å²) in [5.41, 5.74) is 2.55. The Morgan fingerprint density at radius 3 is 1.69 bits per heavy atom. The van der Waals surface area contributed by atoms with Crippen molar-refractivity contribution < 1.29 is 16.8 Å². The molecule has 1 atom stereocenters. The van der Waals surface area contributed by atoms with Gasteiger partial charge in [0.15, 0.2) is 0 Å². The monoisotopic (exact) mass is 513 g/mol. The highest BCUT2D eigenvalue weighted by atomic mass is 32.2. The third kappa shape index (κ3) is 4.86. The Morgan fingerprint density at radius 2 is 1.20 bits per heavy atom. The Bertz CT molecular complexity index is 1350. The van der Waals surface area contributed by atoms with Crippen LogP contribution in [0.2, 0.25) is 0 Å². The number of rotatable bonds is 8. The molecule has 3 aromatic carbocycles. The Balaban J connectivity index is 1.81. The summed E-state index contributed by atoms with van der Waals surface area (Å²) in [4.78, 5) is 2.46. The average Bonchev–Trinajstić information content (AvgIpc) is 3.33. The van der Waals surface area contributed by atoms with E-state index in [2.05, 4.69) is 18.7 Å². The maximum Gasteiger partial charge on any atom is 0.244 e. The molecule has 3 aromatic rings. The van der Waals surface area contributed by atoms with Crippen LogP contribution in [0.25, 0.3) is 0 Å². The van der Waals surface area contributed by atoms with Gasteiger partial charge in [-0.25, -0.2) is 16.8 Å². The third-order valence-corrected chi connectivity index (χ3v) is 10.1. The van der Waals surface area contributed by atoms with Crippen LogP contribution in [-0.4, -0.2) is 51.6 Å². The summed E-state index contributed by atoms with van der Waals surface area (Å²) in [6, 6.07) is 22.3. The van der Waals surface area contributed by atoms with Crippen LogP contribution >= 0.6 is 0 Å². The van der Waals surface area contributed by atoms with E-state index in [1.54, 1.807) is 42.5 Å². The van der Waals surface area contributed by atoms with E-state index in [-0.39, 0.29) is 22.9 Å². The molecule has 1 aliphatic heterocycles. The van der Waals surface area contributed by atoms with Gasteiger partial charge in [0.1, 0.15) is 6.17 Å². The lowest BCUT2D eigenvalue weighted by molar-refractivity contribution is 0.292. The Kier molecular flexibility index (Phi) is 7.32. The molecule has 1 unspecified atom stereocenters. The highest BCUT2D eigenvalue weighted by molar-refractivity contribution is 7.90. The minimum atomic E-state index is -3.95. The largest absolute Gasteiger partial charge is 0.372 e. The van der Waals surface area contributed by atoms with Crippen molar-refractivity contribution in [2.75, 3.05) is 31.1 Å². The third-order valence-electron chi connectivity index (χ3n) is 6.38. The van der Waals surface area contributed by atoms with Crippen LogP contribution in [0.4, 0.5) is 5.69 Å². The van der Waals surface area contributed by atoms with Gasteiger partial charge in [-0.2, -0.15) is 8.61 Å². The second kappa shape index (κ2) is 10.1. The summed E-state index contributed by atoms with van der Waals surface area (Å²) in [5.74, 6) is 0. The van der Waals surface area contributed by atoms with Crippen molar-refractivity contribution in [2.45, 2.75) is 36.7 Å². The smallest absolute Gasteiger partial charge is 0.244 e. The lowest BCUT2D eigenvalue weighted by Crippen LogP contribution is -2.38. The number of benzene rings is 3. The van der Waals surface area contributed by atoms with Crippen LogP contribution in [0.3, 0.4) is 0 Å². The zero-order valence-corrected chi connectivity index (χ0v) is 21.8. The zero-order valence-electron chi connectivity index (χ0n) is 20.2. The number of nitrogens with zero attached hydrogens (tertiary/aromatic N) is 3. The van der Waals surface area contributed by atoms with Crippen molar-refractivity contribution in [1.29, 1.82) is 0 Å². The van der Waals surface area contributed by atoms with Crippen molar-refractivity contribution in [2.24, 2.45) is 0 Å². The summed E-state index contributed by atoms with van der Waals surface area (Å²) in [6.07, 6.45) is -0.989. The number of anilines is 1. The number of aryl methyl sites for hydroxylation is 1. The van der Waals surface area contributed by atoms with Gasteiger partial charge in [-0.1, -0.05) is 48.0 Å². The van der Waals surface area contributed by atoms with Crippen molar-refractivity contribution >= 4 is 25.7 Å². The van der Waals surface area contributed by atoms with E-state index in [4.69, 9.17) is 0 Å². The van der Waals surface area contributed by atoms with Gasteiger partial charge in [0.2, 0.25) is 20.0 Å². The lowest BCUT2D eigenvalue weighted by Gasteiger charge is -2.30. The van der Waals surface area contributed by atoms with Gasteiger partial charge in [-0.15, -0.1) is 0 Å². The summed E-state index contributed by atoms with van der Waals surface area (Å²) in [5, 5.41) is 0. The number of sulfonamides is 2. The van der Waals surface area contributed by atoms with E-state index >= 15 is 0 Å². The van der Waals surface area contributed by atoms with Gasteiger partial charge in [-0.05, 0) is 62.7 Å². The first-order valence-electron chi connectivity index (χ1n) is 11.7. The average molecular weight is 514 g/mol. The predicted octanol–water partition coefficient (Wildman–Crippen LogP) is 4.24. The Morgan fingerprint density at radius 1 is 0.714 bits per heavy atom. The summed E-state index contributed by atoms with van der Waals surface area (Å²) >= 11 is 0. The van der Waals surface area contributed by atoms with E-state index < -0.39 is 26.2 Å². The fourth-order valence-corrected chi connectivity index (χ4v) is 7.66. The SMILES string of the molecule is CCN(CC)c1ccc(C2N(S(=O)(=O)c3ccccc3)CCN2S(=O)(=O)c2ccc(C)cc2)cc1. The Hall–Kier alpha value is -2.72. The van der Waals surface area contributed by atoms with Gasteiger partial charge >= 0.3 is 0 Å². The molecule has 0 radical (unpaired) electrons. The van der Waals surface area contributed by atoms with Crippen LogP contribution in [0.1, 0.15) is 31.1 Å². The number of hydrogen-bond acceptors (Lipinski definition) is 5. The van der Waals surface area contributed by atoms with Gasteiger partial charge in [-0.3, -0.25) is 0 Å². The second-order valence-electron chi connectivity index (χ2n) is 8.50. The molecule has 9 heteroatoms. The van der Waals surface area contributed by atoms with Crippen LogP contribution in [0.5, 0.6) is 0 Å². The molecule has 35 heavy (non-hydrogen) atoms. The molecular formula is C26H31N3O4S2. The molecule has 0 spiro atoms. The standard InChI is InChI=1S/C26H31N3O4S2/c1-4-27(5-2)23-15-13-22(14-16-23)26-28(34(30,31)24-9-7-6-8-10-24)19-20-29(26)35(32,33)25-17-11-21(3)12-18-25/h6-18,26H,4-5,19-20H2,1-3H3. The predicted molar refractivity (Wildman–Crippen MR) is 138 cm³/mol. The molecule has 0 aliphatic carbocycles. The van der Waals surface area contributed by atoms with E-state index in [1.807, 2.05) is 31.2 Å². The molecule has 1 heterocycles. The normalized spacial score (nSPS) is 17.5. The van der Waals surface area contributed by atoms with E-state index in [0.717, 1.165) is 24.3 Å². The first kappa shape index (κ1) is 25.4. The van der Waals surface area contributed by atoms with Crippen LogP contribution in [0.15, 0.2) is 88.7 Å². The van der Waals surface area contributed by atoms with Gasteiger partial charge in [0.25, 0.3) is 0 Å². The molecule has 1 fully saturated rings. The lowest BCUT2D eigenvalue weighted by atomic mass is 10.1. The molecule has 4 rings (SSSR count). The minimum absolute atomic E-state index is 0.0603. The van der Waals surface area contributed by atoms with Crippen LogP contribution < -0.4 is 4.90 Å². The highest BCUT2D eigenvalue weighted by Crippen LogP contribution is 2.39. The van der Waals surface area contributed by atoms with Crippen molar-refractivity contribution in [1.82, 2.24) is 8.61 Å². The van der Waals surface area contributed by atoms with E-state index in [1.165, 1.54) is 20.7 Å². The fourth-order valence-electron chi connectivity index (χ4n) is 4.44. The minimum Gasteiger partial charge on any atom is -0.372 e. The molecule has 1 saturated heterocycles. The fraction of sp³-hybridized carbons (Fsp3) is 0.308. The first-order valence-corrected chi connectivity index (χ1v) is 14.6. The van der Waals surface area contributed by atoms with E-state index in [0.29, 0.717) is 5.56 Å². The maximum absolute atomic E-state index is 13.7. The van der Waals surface area contributed by atoms with Crippen molar-refractivity contribution in [3.05, 3.63) is 90.0 Å². The molecule has 0 N–H and O–H groups in total. The molecular weight excluding hydrogens is 482 g/mol. The van der Waals surface area contributed by atoms with Gasteiger partial charge in [0, 0.05) is 31.9 Å². The maximum atomic E-state index is 13.7. The number of hydrogen-bond donors (Lipinski definition) is 0. The summed E-state index contributed by atoms with van der Waals surface area (Å²) < 4.78 is 57.3. The Labute approximate surface area is 208 Å².